The van der Waals surface area contributed by atoms with Crippen molar-refractivity contribution in [2.75, 3.05) is 47.5 Å². The average Bonchev–Trinajstić information content (AvgIpc) is 3.45. The van der Waals surface area contributed by atoms with Crippen molar-refractivity contribution < 1.29 is 42.9 Å². The fraction of sp³-hybridized carbons (Fsp3) is 0.658. The van der Waals surface area contributed by atoms with Crippen LogP contribution in [0.15, 0.2) is 134 Å². The first-order valence-corrected chi connectivity index (χ1v) is 32.8. The second-order valence-electron chi connectivity index (χ2n) is 22.7. The normalized spacial score (nSPS) is 13.6. The summed E-state index contributed by atoms with van der Waals surface area (Å²) in [6.07, 6.45) is 86.6. The molecule has 0 saturated carbocycles. The molecule has 2 unspecified atom stereocenters. The number of hydrogen-bond donors (Lipinski definition) is 0. The Hall–Kier alpha value is -4.57. The van der Waals surface area contributed by atoms with Crippen LogP contribution in [0.2, 0.25) is 0 Å². The number of nitrogens with zero attached hydrogens (tertiary/aromatic N) is 1. The van der Waals surface area contributed by atoms with Crippen LogP contribution < -0.4 is 5.11 Å². The SMILES string of the molecule is CC/C=C\C/C=C\C/C=C\C/C=C\C/C=C\C/C=C\C/C=C\C/C=C\C/C=C\C/C=C\CCCCCCCCCCC(=O)OC(COC(=O)CCCCCCCCC/C=C\CCCCCCCCC)COC(OCC[N+](C)(C)C)C(=O)[O-]. The topological polar surface area (TPSA) is 111 Å². The van der Waals surface area contributed by atoms with Gasteiger partial charge in [0.2, 0.25) is 0 Å². The molecule has 2 atom stereocenters. The van der Waals surface area contributed by atoms with E-state index >= 15 is 0 Å². The molecule has 0 amide bonds. The predicted octanol–water partition coefficient (Wildman–Crippen LogP) is 18.8. The molecule has 0 spiro atoms. The van der Waals surface area contributed by atoms with Crippen molar-refractivity contribution in [3.05, 3.63) is 134 Å². The minimum atomic E-state index is -1.63. The van der Waals surface area contributed by atoms with Gasteiger partial charge >= 0.3 is 11.9 Å². The van der Waals surface area contributed by atoms with E-state index in [0.717, 1.165) is 122 Å². The Morgan fingerprint density at radius 3 is 1.05 bits per heavy atom. The van der Waals surface area contributed by atoms with Crippen LogP contribution in [0.5, 0.6) is 0 Å². The molecule has 9 nitrogen and oxygen atoms in total. The van der Waals surface area contributed by atoms with Crippen LogP contribution in [-0.2, 0) is 33.3 Å². The molecule has 0 rings (SSSR count). The molecule has 0 saturated heterocycles. The van der Waals surface area contributed by atoms with Crippen LogP contribution in [0.3, 0.4) is 0 Å². The number of unbranched alkanes of at least 4 members (excludes halogenated alkanes) is 22. The number of carbonyl (C=O) groups excluding carboxylic acids is 3. The highest BCUT2D eigenvalue weighted by Crippen LogP contribution is 2.15. The first-order chi connectivity index (χ1) is 40.1. The van der Waals surface area contributed by atoms with Gasteiger partial charge < -0.3 is 33.3 Å². The molecule has 0 bridgehead atoms. The third-order valence-corrected chi connectivity index (χ3v) is 13.6. The number of ether oxygens (including phenoxy) is 4. The molecule has 0 aliphatic rings. The summed E-state index contributed by atoms with van der Waals surface area (Å²) < 4.78 is 22.7. The molecular weight excluding hydrogens is 1020 g/mol. The molecule has 0 N–H and O–H groups in total. The summed E-state index contributed by atoms with van der Waals surface area (Å²) in [6.45, 7) is 4.61. The fourth-order valence-electron chi connectivity index (χ4n) is 8.62. The minimum Gasteiger partial charge on any atom is -0.545 e. The highest BCUT2D eigenvalue weighted by atomic mass is 16.7. The predicted molar refractivity (Wildman–Crippen MR) is 347 cm³/mol. The zero-order valence-electron chi connectivity index (χ0n) is 53.1. The quantitative estimate of drug-likeness (QED) is 0.0195. The van der Waals surface area contributed by atoms with Crippen molar-refractivity contribution in [2.45, 2.75) is 264 Å². The summed E-state index contributed by atoms with van der Waals surface area (Å²) in [6, 6.07) is 0. The lowest BCUT2D eigenvalue weighted by molar-refractivity contribution is -0.870. The Morgan fingerprint density at radius 1 is 0.378 bits per heavy atom. The van der Waals surface area contributed by atoms with Gasteiger partial charge in [-0.15, -0.1) is 0 Å². The molecule has 0 heterocycles. The summed E-state index contributed by atoms with van der Waals surface area (Å²) in [5, 5.41) is 11.8. The first kappa shape index (κ1) is 77.4. The maximum atomic E-state index is 12.9. The van der Waals surface area contributed by atoms with Crippen molar-refractivity contribution in [3.63, 3.8) is 0 Å². The Morgan fingerprint density at radius 2 is 0.695 bits per heavy atom. The molecule has 9 heteroatoms. The highest BCUT2D eigenvalue weighted by molar-refractivity contribution is 5.70. The van der Waals surface area contributed by atoms with E-state index in [9.17, 15) is 19.5 Å². The Balaban J connectivity index is 4.20. The third kappa shape index (κ3) is 63.0. The Bertz CT molecular complexity index is 1810. The van der Waals surface area contributed by atoms with E-state index in [1.807, 2.05) is 21.1 Å². The number of rotatable bonds is 59. The van der Waals surface area contributed by atoms with Crippen molar-refractivity contribution in [3.8, 4) is 0 Å². The Labute approximate surface area is 503 Å². The molecule has 82 heavy (non-hydrogen) atoms. The number of carboxylic acids is 1. The van der Waals surface area contributed by atoms with E-state index in [-0.39, 0.29) is 38.6 Å². The van der Waals surface area contributed by atoms with E-state index in [4.69, 9.17) is 18.9 Å². The van der Waals surface area contributed by atoms with Gasteiger partial charge in [0, 0.05) is 12.8 Å². The summed E-state index contributed by atoms with van der Waals surface area (Å²) in [5.74, 6) is -2.31. The highest BCUT2D eigenvalue weighted by Gasteiger charge is 2.22. The van der Waals surface area contributed by atoms with Crippen LogP contribution >= 0.6 is 0 Å². The minimum absolute atomic E-state index is 0.139. The largest absolute Gasteiger partial charge is 0.545 e. The number of hydrogen-bond acceptors (Lipinski definition) is 8. The second kappa shape index (κ2) is 62.5. The summed E-state index contributed by atoms with van der Waals surface area (Å²) >= 11 is 0. The Kier molecular flexibility index (Phi) is 59.0. The number of likely N-dealkylation sites (N-methyl/N-ethyl adjacent to an activating group) is 1. The van der Waals surface area contributed by atoms with Crippen LogP contribution in [0.25, 0.3) is 0 Å². The van der Waals surface area contributed by atoms with Crippen molar-refractivity contribution >= 4 is 17.9 Å². The molecule has 466 valence electrons. The molecule has 0 aromatic rings. The number of allylic oxidation sites excluding steroid dienone is 22. The van der Waals surface area contributed by atoms with Gasteiger partial charge in [-0.3, -0.25) is 9.59 Å². The van der Waals surface area contributed by atoms with Gasteiger partial charge in [0.25, 0.3) is 0 Å². The van der Waals surface area contributed by atoms with E-state index in [1.165, 1.54) is 96.3 Å². The van der Waals surface area contributed by atoms with E-state index in [1.54, 1.807) is 0 Å². The van der Waals surface area contributed by atoms with Gasteiger partial charge in [-0.25, -0.2) is 0 Å². The molecule has 0 aliphatic carbocycles. The van der Waals surface area contributed by atoms with E-state index < -0.39 is 24.3 Å². The summed E-state index contributed by atoms with van der Waals surface area (Å²) in [5.41, 5.74) is 0. The number of carboxylic acid groups (broad SMARTS) is 1. The molecule has 0 aromatic carbocycles. The maximum absolute atomic E-state index is 12.9. The van der Waals surface area contributed by atoms with E-state index in [2.05, 4.69) is 148 Å². The molecular formula is C73H121NO8. The standard InChI is InChI=1S/C73H121NO8/c1-6-8-10-12-14-16-18-20-22-24-26-27-28-29-30-31-32-33-34-35-36-37-38-39-40-41-42-43-44-45-46-48-50-52-54-56-58-60-62-64-71(76)82-69(68-81-73(72(77)78)79-66-65-74(3,4)5)67-80-70(75)63-61-59-57-55-53-51-49-47-25-23-21-19-17-15-13-11-9-7-2/h8,10,14,16,20,22-23,25-27,29-30,32-33,35-36,38-39,41-42,44-45,69,73H,6-7,9,11-13,15,17-19,21,24,28,31,34,37,40,43,46-68H2,1-5H3/b10-8-,16-14-,22-20-,25-23-,27-26-,30-29-,33-32-,36-35-,39-38-,42-41-,45-44-. The van der Waals surface area contributed by atoms with Gasteiger partial charge in [0.1, 0.15) is 13.2 Å². The van der Waals surface area contributed by atoms with Crippen molar-refractivity contribution in [2.24, 2.45) is 0 Å². The van der Waals surface area contributed by atoms with Gasteiger partial charge in [0.15, 0.2) is 12.4 Å². The van der Waals surface area contributed by atoms with Gasteiger partial charge in [-0.2, -0.15) is 0 Å². The first-order valence-electron chi connectivity index (χ1n) is 32.8. The number of aliphatic carboxylic acids is 1. The molecule has 0 aromatic heterocycles. The maximum Gasteiger partial charge on any atom is 0.306 e. The third-order valence-electron chi connectivity index (χ3n) is 13.6. The summed E-state index contributed by atoms with van der Waals surface area (Å²) in [7, 11) is 5.91. The second-order valence-corrected chi connectivity index (χ2v) is 22.7. The van der Waals surface area contributed by atoms with Gasteiger partial charge in [0.05, 0.1) is 40.3 Å². The zero-order valence-corrected chi connectivity index (χ0v) is 53.1. The van der Waals surface area contributed by atoms with Crippen LogP contribution in [-0.4, -0.2) is 82.3 Å². The van der Waals surface area contributed by atoms with Gasteiger partial charge in [-0.1, -0.05) is 257 Å². The molecule has 0 aliphatic heterocycles. The van der Waals surface area contributed by atoms with E-state index in [0.29, 0.717) is 17.4 Å². The lowest BCUT2D eigenvalue weighted by atomic mass is 10.1. The smallest absolute Gasteiger partial charge is 0.306 e. The zero-order chi connectivity index (χ0) is 59.8. The summed E-state index contributed by atoms with van der Waals surface area (Å²) in [4.78, 5) is 37.4. The number of esters is 2. The molecule has 0 radical (unpaired) electrons. The lowest BCUT2D eigenvalue weighted by Gasteiger charge is -2.26. The van der Waals surface area contributed by atoms with Crippen molar-refractivity contribution in [1.82, 2.24) is 0 Å². The van der Waals surface area contributed by atoms with Crippen LogP contribution in [0.4, 0.5) is 0 Å². The lowest BCUT2D eigenvalue weighted by Crippen LogP contribution is -2.44. The average molecular weight is 1140 g/mol. The monoisotopic (exact) mass is 1140 g/mol. The fourth-order valence-corrected chi connectivity index (χ4v) is 8.62. The molecule has 0 fully saturated rings. The number of quaternary nitrogens is 1. The van der Waals surface area contributed by atoms with Crippen molar-refractivity contribution in [1.29, 1.82) is 0 Å². The van der Waals surface area contributed by atoms with Crippen LogP contribution in [0, 0.1) is 0 Å². The van der Waals surface area contributed by atoms with Gasteiger partial charge in [-0.05, 0) is 116 Å². The number of carbonyl (C=O) groups is 3. The van der Waals surface area contributed by atoms with Crippen LogP contribution in [0.1, 0.15) is 251 Å².